The molecule has 2 aromatic heterocycles. The van der Waals surface area contributed by atoms with Crippen molar-refractivity contribution in [2.24, 2.45) is 0 Å². The Morgan fingerprint density at radius 3 is 2.53 bits per heavy atom. The molecule has 1 aliphatic rings. The van der Waals surface area contributed by atoms with Crippen molar-refractivity contribution in [3.63, 3.8) is 0 Å². The Hall–Kier alpha value is -2.93. The molecule has 0 bridgehead atoms. The molecule has 248 valence electrons. The second kappa shape index (κ2) is 13.4. The van der Waals surface area contributed by atoms with Crippen LogP contribution in [0.4, 0.5) is 5.82 Å². The van der Waals surface area contributed by atoms with Crippen LogP contribution in [-0.2, 0) is 33.4 Å². The number of carbonyl (C=O) groups excluding carboxylic acids is 1. The second-order valence-corrected chi connectivity index (χ2v) is 14.7. The van der Waals surface area contributed by atoms with Gasteiger partial charge in [0.05, 0.1) is 25.3 Å². The third kappa shape index (κ3) is 8.27. The van der Waals surface area contributed by atoms with Crippen LogP contribution in [0.5, 0.6) is 5.75 Å². The van der Waals surface area contributed by atoms with Crippen molar-refractivity contribution in [2.75, 3.05) is 24.9 Å². The number of halogens is 1. The number of hydrogen-bond acceptors (Lipinski definition) is 14. The fourth-order valence-corrected chi connectivity index (χ4v) is 6.66. The molecule has 0 aliphatic carbocycles. The number of anilines is 1. The van der Waals surface area contributed by atoms with Crippen molar-refractivity contribution in [3.8, 4) is 5.75 Å². The molecule has 3 aromatic rings. The molecule has 0 saturated carbocycles. The highest BCUT2D eigenvalue weighted by atomic mass is 35.5. The standard InChI is InChI=1S/C25H35ClN7O10PS/c1-14(2)41-23(35)15(3)30-44(37,43-17-9-7-16(26)8-10-17)40-11-18-20(34)25(4,36)24(42-18)33-13-29-19-21(27-12-28-22(19)33)32(5)31-45(6,38)39/h7-10,12-15,18,20,24,31,34,36H,11H2,1-6H3,(H,30,37)/t15?,18-,20-,24-,25-,44?/m1/s1. The lowest BCUT2D eigenvalue weighted by atomic mass is 9.96. The summed E-state index contributed by atoms with van der Waals surface area (Å²) in [5, 5.41) is 26.5. The van der Waals surface area contributed by atoms with Crippen LogP contribution in [0, 0.1) is 0 Å². The molecule has 20 heteroatoms. The summed E-state index contributed by atoms with van der Waals surface area (Å²) in [6.45, 7) is 5.49. The van der Waals surface area contributed by atoms with Gasteiger partial charge in [0.15, 0.2) is 23.2 Å². The molecule has 4 N–H and O–H groups in total. The van der Waals surface area contributed by atoms with E-state index in [1.165, 1.54) is 62.4 Å². The Morgan fingerprint density at radius 2 is 1.91 bits per heavy atom. The van der Waals surface area contributed by atoms with Gasteiger partial charge in [-0.1, -0.05) is 11.6 Å². The maximum Gasteiger partial charge on any atom is 0.459 e. The van der Waals surface area contributed by atoms with Gasteiger partial charge in [-0.05, 0) is 52.0 Å². The van der Waals surface area contributed by atoms with Gasteiger partial charge in [-0.2, -0.15) is 5.09 Å². The average molecular weight is 692 g/mol. The van der Waals surface area contributed by atoms with Crippen LogP contribution in [0.1, 0.15) is 33.9 Å². The number of aliphatic hydroxyl groups is 2. The number of hydrogen-bond donors (Lipinski definition) is 4. The summed E-state index contributed by atoms with van der Waals surface area (Å²) >= 11 is 5.94. The molecule has 3 heterocycles. The zero-order valence-corrected chi connectivity index (χ0v) is 27.7. The van der Waals surface area contributed by atoms with Crippen LogP contribution in [-0.4, -0.2) is 94.0 Å². The smallest absolute Gasteiger partial charge is 0.459 e. The van der Waals surface area contributed by atoms with Crippen molar-refractivity contribution in [1.29, 1.82) is 0 Å². The van der Waals surface area contributed by atoms with E-state index in [4.69, 9.17) is 30.1 Å². The highest BCUT2D eigenvalue weighted by molar-refractivity contribution is 7.88. The maximum atomic E-state index is 13.9. The van der Waals surface area contributed by atoms with E-state index >= 15 is 0 Å². The SMILES string of the molecule is CC(C)OC(=O)C(C)NP(=O)(OC[C@H]1O[C@@H](n2cnc3c(N(C)NS(C)(=O)=O)ncnc32)[C@](C)(O)[C@@H]1O)Oc1ccc(Cl)cc1. The van der Waals surface area contributed by atoms with Crippen LogP contribution in [0.2, 0.25) is 5.02 Å². The Labute approximate surface area is 264 Å². The van der Waals surface area contributed by atoms with E-state index in [9.17, 15) is 28.0 Å². The second-order valence-electron chi connectivity index (χ2n) is 10.8. The van der Waals surface area contributed by atoms with Gasteiger partial charge in [-0.15, -0.1) is 4.83 Å². The summed E-state index contributed by atoms with van der Waals surface area (Å²) in [5.41, 5.74) is -1.64. The molecular formula is C25H35ClN7O10PS. The van der Waals surface area contributed by atoms with Gasteiger partial charge in [0, 0.05) is 12.1 Å². The van der Waals surface area contributed by atoms with E-state index in [-0.39, 0.29) is 22.7 Å². The van der Waals surface area contributed by atoms with Gasteiger partial charge in [0.1, 0.15) is 35.9 Å². The normalized spacial score (nSPS) is 24.0. The molecule has 1 aromatic carbocycles. The Morgan fingerprint density at radius 1 is 1.24 bits per heavy atom. The van der Waals surface area contributed by atoms with Crippen molar-refractivity contribution in [1.82, 2.24) is 29.4 Å². The lowest BCUT2D eigenvalue weighted by Crippen LogP contribution is -2.44. The molecule has 17 nitrogen and oxygen atoms in total. The Bertz CT molecular complexity index is 1670. The number of rotatable bonds is 13. The van der Waals surface area contributed by atoms with E-state index in [1.807, 2.05) is 0 Å². The summed E-state index contributed by atoms with van der Waals surface area (Å²) in [5.74, 6) is -0.494. The molecule has 0 amide bonds. The van der Waals surface area contributed by atoms with Crippen LogP contribution in [0.3, 0.4) is 0 Å². The molecule has 1 fully saturated rings. The molecule has 4 rings (SSSR count). The van der Waals surface area contributed by atoms with Gasteiger partial charge in [-0.25, -0.2) is 27.9 Å². The molecular weight excluding hydrogens is 657 g/mol. The molecule has 45 heavy (non-hydrogen) atoms. The van der Waals surface area contributed by atoms with Gasteiger partial charge in [0.2, 0.25) is 10.0 Å². The number of carbonyl (C=O) groups is 1. The number of nitrogens with zero attached hydrogens (tertiary/aromatic N) is 5. The number of aliphatic hydroxyl groups excluding tert-OH is 1. The van der Waals surface area contributed by atoms with Gasteiger partial charge in [0.25, 0.3) is 0 Å². The first kappa shape index (κ1) is 34.9. The van der Waals surface area contributed by atoms with E-state index in [0.717, 1.165) is 11.3 Å². The summed E-state index contributed by atoms with van der Waals surface area (Å²) in [4.78, 5) is 27.3. The minimum atomic E-state index is -4.35. The molecule has 2 unspecified atom stereocenters. The van der Waals surface area contributed by atoms with Crippen LogP contribution in [0.25, 0.3) is 11.2 Å². The van der Waals surface area contributed by atoms with Crippen LogP contribution >= 0.6 is 19.3 Å². The molecule has 0 spiro atoms. The number of ether oxygens (including phenoxy) is 2. The number of hydrazine groups is 1. The number of imidazole rings is 1. The summed E-state index contributed by atoms with van der Waals surface area (Å²) in [7, 11) is -6.57. The summed E-state index contributed by atoms with van der Waals surface area (Å²) in [6, 6.07) is 4.77. The zero-order chi connectivity index (χ0) is 33.3. The highest BCUT2D eigenvalue weighted by Crippen LogP contribution is 2.47. The highest BCUT2D eigenvalue weighted by Gasteiger charge is 2.54. The maximum absolute atomic E-state index is 13.9. The third-order valence-corrected chi connectivity index (χ3v) is 8.97. The first-order chi connectivity index (χ1) is 20.9. The predicted octanol–water partition coefficient (Wildman–Crippen LogP) is 1.52. The number of sulfonamides is 1. The zero-order valence-electron chi connectivity index (χ0n) is 25.2. The first-order valence-electron chi connectivity index (χ1n) is 13.5. The van der Waals surface area contributed by atoms with Crippen molar-refractivity contribution in [3.05, 3.63) is 41.9 Å². The first-order valence-corrected chi connectivity index (χ1v) is 17.3. The number of fused-ring (bicyclic) bond motifs is 1. The van der Waals surface area contributed by atoms with Crippen molar-refractivity contribution < 1.29 is 46.5 Å². The van der Waals surface area contributed by atoms with Gasteiger partial charge >= 0.3 is 13.7 Å². The summed E-state index contributed by atoms with van der Waals surface area (Å²) in [6.07, 6.45) is -1.14. The fraction of sp³-hybridized carbons (Fsp3) is 0.520. The van der Waals surface area contributed by atoms with E-state index < -0.39 is 66.5 Å². The Balaban J connectivity index is 1.57. The topological polar surface area (TPSA) is 217 Å². The number of esters is 1. The van der Waals surface area contributed by atoms with Crippen molar-refractivity contribution >= 4 is 52.3 Å². The van der Waals surface area contributed by atoms with Crippen LogP contribution in [0.15, 0.2) is 36.9 Å². The quantitative estimate of drug-likeness (QED) is 0.114. The number of nitrogens with one attached hydrogen (secondary N) is 2. The largest absolute Gasteiger partial charge is 0.462 e. The van der Waals surface area contributed by atoms with E-state index in [1.54, 1.807) is 13.8 Å². The van der Waals surface area contributed by atoms with E-state index in [0.29, 0.717) is 5.02 Å². The lowest BCUT2D eigenvalue weighted by molar-refractivity contribution is -0.149. The lowest BCUT2D eigenvalue weighted by Gasteiger charge is -2.27. The minimum Gasteiger partial charge on any atom is -0.462 e. The molecule has 0 radical (unpaired) electrons. The average Bonchev–Trinajstić information content (AvgIpc) is 3.45. The number of aromatic nitrogens is 4. The Kier molecular flexibility index (Phi) is 10.4. The minimum absolute atomic E-state index is 0.105. The molecule has 6 atom stereocenters. The predicted molar refractivity (Wildman–Crippen MR) is 162 cm³/mol. The summed E-state index contributed by atoms with van der Waals surface area (Å²) < 4.78 is 61.1. The van der Waals surface area contributed by atoms with Crippen LogP contribution < -0.4 is 19.5 Å². The fourth-order valence-electron chi connectivity index (χ4n) is 4.45. The van der Waals surface area contributed by atoms with Crippen molar-refractivity contribution in [2.45, 2.75) is 63.9 Å². The molecule has 1 aliphatic heterocycles. The third-order valence-electron chi connectivity index (χ3n) is 6.47. The van der Waals surface area contributed by atoms with E-state index in [2.05, 4.69) is 24.9 Å². The van der Waals surface area contributed by atoms with Gasteiger partial charge in [-0.3, -0.25) is 18.9 Å². The number of benzene rings is 1. The van der Waals surface area contributed by atoms with Gasteiger partial charge < -0.3 is 24.2 Å². The molecule has 1 saturated heterocycles. The monoisotopic (exact) mass is 691 g/mol.